The van der Waals surface area contributed by atoms with E-state index in [9.17, 15) is 13.2 Å². The highest BCUT2D eigenvalue weighted by Crippen LogP contribution is 2.21. The van der Waals surface area contributed by atoms with Crippen LogP contribution in [0.15, 0.2) is 30.3 Å². The van der Waals surface area contributed by atoms with Crippen molar-refractivity contribution in [3.05, 3.63) is 35.9 Å². The summed E-state index contributed by atoms with van der Waals surface area (Å²) in [5.41, 5.74) is 7.28. The van der Waals surface area contributed by atoms with Gasteiger partial charge in [-0.15, -0.1) is 0 Å². The molecule has 0 amide bonds. The lowest BCUT2D eigenvalue weighted by Crippen LogP contribution is -2.38. The standard InChI is InChI=1S/C11H16N2.C2HF3O2/c12-10-6-7-13-11(8-10)9-4-2-1-3-5-9;3-2(4,5)1(6)7/h1-5,10-11,13H,6-8,12H2;(H,6,7). The third kappa shape index (κ3) is 5.58. The van der Waals surface area contributed by atoms with E-state index in [0.717, 1.165) is 19.4 Å². The summed E-state index contributed by atoms with van der Waals surface area (Å²) in [4.78, 5) is 8.90. The molecule has 4 nitrogen and oxygen atoms in total. The zero-order valence-electron chi connectivity index (χ0n) is 10.7. The number of halogens is 3. The molecule has 1 aliphatic rings. The first-order valence-corrected chi connectivity index (χ1v) is 6.14. The van der Waals surface area contributed by atoms with Crippen molar-refractivity contribution in [2.75, 3.05) is 6.54 Å². The number of nitrogens with two attached hydrogens (primary N) is 1. The first-order chi connectivity index (χ1) is 9.30. The quantitative estimate of drug-likeness (QED) is 0.740. The molecule has 0 saturated carbocycles. The molecule has 0 aliphatic carbocycles. The van der Waals surface area contributed by atoms with Gasteiger partial charge in [0.15, 0.2) is 0 Å². The third-order valence-electron chi connectivity index (χ3n) is 2.89. The van der Waals surface area contributed by atoms with Crippen molar-refractivity contribution in [2.24, 2.45) is 5.73 Å². The summed E-state index contributed by atoms with van der Waals surface area (Å²) in [6.45, 7) is 1.04. The summed E-state index contributed by atoms with van der Waals surface area (Å²) >= 11 is 0. The van der Waals surface area contributed by atoms with Gasteiger partial charge in [-0.2, -0.15) is 13.2 Å². The Labute approximate surface area is 114 Å². The van der Waals surface area contributed by atoms with E-state index in [2.05, 4.69) is 29.6 Å². The average Bonchev–Trinajstić information content (AvgIpc) is 2.39. The van der Waals surface area contributed by atoms with Crippen LogP contribution < -0.4 is 11.1 Å². The van der Waals surface area contributed by atoms with Crippen molar-refractivity contribution in [1.82, 2.24) is 5.32 Å². The Morgan fingerprint density at radius 1 is 1.30 bits per heavy atom. The summed E-state index contributed by atoms with van der Waals surface area (Å²) in [6.07, 6.45) is -2.92. The maximum absolute atomic E-state index is 10.6. The van der Waals surface area contributed by atoms with Gasteiger partial charge in [0.2, 0.25) is 0 Å². The third-order valence-corrected chi connectivity index (χ3v) is 2.89. The molecular weight excluding hydrogens is 273 g/mol. The second-order valence-corrected chi connectivity index (χ2v) is 4.50. The number of carboxylic acid groups (broad SMARTS) is 1. The van der Waals surface area contributed by atoms with Crippen molar-refractivity contribution in [3.63, 3.8) is 0 Å². The summed E-state index contributed by atoms with van der Waals surface area (Å²) < 4.78 is 31.7. The fourth-order valence-corrected chi connectivity index (χ4v) is 1.89. The molecule has 2 rings (SSSR count). The highest BCUT2D eigenvalue weighted by molar-refractivity contribution is 5.73. The van der Waals surface area contributed by atoms with E-state index < -0.39 is 12.1 Å². The van der Waals surface area contributed by atoms with Gasteiger partial charge in [-0.05, 0) is 24.9 Å². The van der Waals surface area contributed by atoms with Crippen LogP contribution in [0.2, 0.25) is 0 Å². The first kappa shape index (κ1) is 16.5. The zero-order valence-corrected chi connectivity index (χ0v) is 10.7. The van der Waals surface area contributed by atoms with Crippen LogP contribution in [0.5, 0.6) is 0 Å². The predicted molar refractivity (Wildman–Crippen MR) is 68.1 cm³/mol. The van der Waals surface area contributed by atoms with Gasteiger partial charge in [0.05, 0.1) is 0 Å². The molecule has 0 aromatic heterocycles. The minimum Gasteiger partial charge on any atom is -0.475 e. The first-order valence-electron chi connectivity index (χ1n) is 6.14. The summed E-state index contributed by atoms with van der Waals surface area (Å²) in [5, 5.41) is 10.6. The van der Waals surface area contributed by atoms with Gasteiger partial charge in [0.1, 0.15) is 0 Å². The second kappa shape index (κ2) is 7.25. The maximum atomic E-state index is 10.6. The Balaban J connectivity index is 0.000000246. The average molecular weight is 290 g/mol. The Hall–Kier alpha value is -1.60. The van der Waals surface area contributed by atoms with E-state index in [0.29, 0.717) is 12.1 Å². The number of hydrogen-bond acceptors (Lipinski definition) is 3. The van der Waals surface area contributed by atoms with Gasteiger partial charge in [-0.1, -0.05) is 30.3 Å². The maximum Gasteiger partial charge on any atom is 0.490 e. The molecule has 0 radical (unpaired) electrons. The summed E-state index contributed by atoms with van der Waals surface area (Å²) in [7, 11) is 0. The summed E-state index contributed by atoms with van der Waals surface area (Å²) in [5.74, 6) is -2.76. The highest BCUT2D eigenvalue weighted by Gasteiger charge is 2.38. The number of benzene rings is 1. The highest BCUT2D eigenvalue weighted by atomic mass is 19.4. The number of carbonyl (C=O) groups is 1. The molecule has 1 fully saturated rings. The fourth-order valence-electron chi connectivity index (χ4n) is 1.89. The second-order valence-electron chi connectivity index (χ2n) is 4.50. The van der Waals surface area contributed by atoms with E-state index in [-0.39, 0.29) is 0 Å². The largest absolute Gasteiger partial charge is 0.490 e. The van der Waals surface area contributed by atoms with Gasteiger partial charge in [-0.25, -0.2) is 4.79 Å². The van der Waals surface area contributed by atoms with Crippen molar-refractivity contribution >= 4 is 5.97 Å². The normalized spacial score (nSPS) is 22.6. The van der Waals surface area contributed by atoms with Crippen molar-refractivity contribution in [2.45, 2.75) is 31.1 Å². The molecule has 4 N–H and O–H groups in total. The lowest BCUT2D eigenvalue weighted by atomic mass is 9.94. The predicted octanol–water partition coefficient (Wildman–Crippen LogP) is 2.07. The monoisotopic (exact) mass is 290 g/mol. The molecule has 112 valence electrons. The number of hydrogen-bond donors (Lipinski definition) is 3. The van der Waals surface area contributed by atoms with E-state index in [1.54, 1.807) is 0 Å². The van der Waals surface area contributed by atoms with Gasteiger partial charge >= 0.3 is 12.1 Å². The van der Waals surface area contributed by atoms with Crippen LogP contribution in [-0.2, 0) is 4.79 Å². The summed E-state index contributed by atoms with van der Waals surface area (Å²) in [6, 6.07) is 11.4. The number of alkyl halides is 3. The van der Waals surface area contributed by atoms with E-state index >= 15 is 0 Å². The molecule has 0 spiro atoms. The molecule has 1 heterocycles. The molecule has 2 atom stereocenters. The van der Waals surface area contributed by atoms with Crippen LogP contribution in [0.25, 0.3) is 0 Å². The molecule has 2 unspecified atom stereocenters. The number of nitrogens with one attached hydrogen (secondary N) is 1. The van der Waals surface area contributed by atoms with Crippen LogP contribution in [0.1, 0.15) is 24.4 Å². The number of carboxylic acids is 1. The lowest BCUT2D eigenvalue weighted by Gasteiger charge is -2.28. The molecule has 0 bridgehead atoms. The fraction of sp³-hybridized carbons (Fsp3) is 0.462. The Bertz CT molecular complexity index is 423. The molecule has 1 saturated heterocycles. The van der Waals surface area contributed by atoms with Gasteiger partial charge in [0.25, 0.3) is 0 Å². The van der Waals surface area contributed by atoms with Gasteiger partial charge in [0, 0.05) is 12.1 Å². The van der Waals surface area contributed by atoms with Crippen LogP contribution in [-0.4, -0.2) is 29.8 Å². The van der Waals surface area contributed by atoms with Crippen LogP contribution in [0.4, 0.5) is 13.2 Å². The van der Waals surface area contributed by atoms with Crippen molar-refractivity contribution < 1.29 is 23.1 Å². The van der Waals surface area contributed by atoms with Crippen LogP contribution in [0, 0.1) is 0 Å². The van der Waals surface area contributed by atoms with Gasteiger partial charge in [-0.3, -0.25) is 0 Å². The number of aliphatic carboxylic acids is 1. The number of piperidine rings is 1. The van der Waals surface area contributed by atoms with E-state index in [1.807, 2.05) is 6.07 Å². The molecule has 20 heavy (non-hydrogen) atoms. The smallest absolute Gasteiger partial charge is 0.475 e. The molecule has 1 aromatic carbocycles. The SMILES string of the molecule is NC1CCNC(c2ccccc2)C1.O=C(O)C(F)(F)F. The minimum absolute atomic E-state index is 0.367. The van der Waals surface area contributed by atoms with E-state index in [4.69, 9.17) is 15.6 Å². The molecule has 1 aliphatic heterocycles. The topological polar surface area (TPSA) is 75.3 Å². The minimum atomic E-state index is -5.08. The van der Waals surface area contributed by atoms with Crippen molar-refractivity contribution in [1.29, 1.82) is 0 Å². The van der Waals surface area contributed by atoms with Crippen molar-refractivity contribution in [3.8, 4) is 0 Å². The van der Waals surface area contributed by atoms with Crippen LogP contribution in [0.3, 0.4) is 0 Å². The van der Waals surface area contributed by atoms with Gasteiger partial charge < -0.3 is 16.2 Å². The molecular formula is C13H17F3N2O2. The zero-order chi connectivity index (χ0) is 15.2. The Morgan fingerprint density at radius 3 is 2.30 bits per heavy atom. The van der Waals surface area contributed by atoms with Crippen LogP contribution >= 0.6 is 0 Å². The molecule has 1 aromatic rings. The number of rotatable bonds is 1. The Morgan fingerprint density at radius 2 is 1.85 bits per heavy atom. The Kier molecular flexibility index (Phi) is 5.97. The lowest BCUT2D eigenvalue weighted by molar-refractivity contribution is -0.192. The van der Waals surface area contributed by atoms with E-state index in [1.165, 1.54) is 5.56 Å². The molecule has 7 heteroatoms.